The summed E-state index contributed by atoms with van der Waals surface area (Å²) in [4.78, 5) is 15.1. The average Bonchev–Trinajstić information content (AvgIpc) is 2.93. The van der Waals surface area contributed by atoms with Crippen LogP contribution in [0.1, 0.15) is 38.4 Å². The first-order valence-electron chi connectivity index (χ1n) is 8.39. The van der Waals surface area contributed by atoms with Crippen molar-refractivity contribution in [1.29, 1.82) is 0 Å². The minimum absolute atomic E-state index is 0.0418. The van der Waals surface area contributed by atoms with Gasteiger partial charge in [-0.3, -0.25) is 0 Å². The summed E-state index contributed by atoms with van der Waals surface area (Å²) < 4.78 is 35.9. The molecule has 0 aliphatic rings. The molecule has 1 aromatic carbocycles. The number of hydrogen-bond donors (Lipinski definition) is 1. The van der Waals surface area contributed by atoms with E-state index >= 15 is 0 Å². The molecule has 0 radical (unpaired) electrons. The van der Waals surface area contributed by atoms with E-state index in [2.05, 4.69) is 4.98 Å². The first-order chi connectivity index (χ1) is 11.4. The van der Waals surface area contributed by atoms with Gasteiger partial charge in [0.15, 0.2) is 0 Å². The zero-order valence-electron chi connectivity index (χ0n) is 14.9. The molecule has 2 rings (SSSR count). The Morgan fingerprint density at radius 3 is 2.85 bits per heavy atom. The van der Waals surface area contributed by atoms with Crippen LogP contribution in [0.4, 0.5) is 0 Å². The Balaban J connectivity index is 2.32. The number of nitrogens with one attached hydrogen (secondary N) is 1. The molecular weight excluding hydrogens is 274 g/mol. The lowest BCUT2D eigenvalue weighted by molar-refractivity contribution is 0.0465. The molecule has 1 aromatic heterocycles. The van der Waals surface area contributed by atoms with Crippen LogP contribution in [0.15, 0.2) is 30.3 Å². The standard InChI is InChI=1S/C16H18ClNO2/c1-11-14(8-9-17)12(2)18-15(11)16(19)20-10-13-6-4-3-5-7-13/h3-7,18H,8-10H2,1-2H3/i1D3,2D. The predicted octanol–water partition coefficient (Wildman–Crippen LogP) is 3.77. The number of aryl methyl sites for hydroxylation is 1. The molecule has 0 aliphatic heterocycles. The van der Waals surface area contributed by atoms with E-state index in [0.29, 0.717) is 11.3 Å². The van der Waals surface area contributed by atoms with E-state index in [1.807, 2.05) is 18.2 Å². The summed E-state index contributed by atoms with van der Waals surface area (Å²) in [7, 11) is 0. The number of esters is 1. The Kier molecular flexibility index (Phi) is 3.33. The number of H-pyrrole nitrogens is 1. The number of rotatable bonds is 5. The third-order valence-electron chi connectivity index (χ3n) is 2.95. The van der Waals surface area contributed by atoms with Crippen LogP contribution >= 0.6 is 11.6 Å². The predicted molar refractivity (Wildman–Crippen MR) is 80.3 cm³/mol. The number of ether oxygens (including phenoxy) is 1. The van der Waals surface area contributed by atoms with E-state index in [0.717, 1.165) is 5.56 Å². The third-order valence-corrected chi connectivity index (χ3v) is 3.14. The largest absolute Gasteiger partial charge is 0.456 e. The van der Waals surface area contributed by atoms with Gasteiger partial charge in [-0.15, -0.1) is 11.6 Å². The lowest BCUT2D eigenvalue weighted by Crippen LogP contribution is -2.07. The molecule has 20 heavy (non-hydrogen) atoms. The molecule has 0 aliphatic carbocycles. The van der Waals surface area contributed by atoms with Gasteiger partial charge in [0, 0.05) is 17.1 Å². The Morgan fingerprint density at radius 1 is 1.40 bits per heavy atom. The maximum Gasteiger partial charge on any atom is 0.355 e. The van der Waals surface area contributed by atoms with Crippen molar-refractivity contribution in [2.75, 3.05) is 5.88 Å². The number of carbonyl (C=O) groups is 1. The molecule has 0 fully saturated rings. The van der Waals surface area contributed by atoms with Gasteiger partial charge in [0.25, 0.3) is 0 Å². The Labute approximate surface area is 129 Å². The molecular formula is C16H18ClNO2. The topological polar surface area (TPSA) is 42.1 Å². The Morgan fingerprint density at radius 2 is 2.20 bits per heavy atom. The van der Waals surface area contributed by atoms with Crippen LogP contribution in [0.25, 0.3) is 0 Å². The van der Waals surface area contributed by atoms with E-state index in [-0.39, 0.29) is 37.1 Å². The number of aromatic amines is 1. The van der Waals surface area contributed by atoms with Gasteiger partial charge in [-0.05, 0) is 36.9 Å². The van der Waals surface area contributed by atoms with Crippen LogP contribution in [0.3, 0.4) is 0 Å². The second kappa shape index (κ2) is 6.62. The number of aromatic nitrogens is 1. The summed E-state index contributed by atoms with van der Waals surface area (Å²) in [6, 6.07) is 9.11. The molecule has 0 saturated carbocycles. The molecule has 0 atom stereocenters. The van der Waals surface area contributed by atoms with Crippen LogP contribution in [-0.2, 0) is 17.8 Å². The van der Waals surface area contributed by atoms with Crippen molar-refractivity contribution in [2.24, 2.45) is 0 Å². The quantitative estimate of drug-likeness (QED) is 0.674. The minimum atomic E-state index is -2.49. The SMILES string of the molecule is [2H]Cc1[nH]c(C(=O)OCc2ccccc2)c(C([2H])([2H])[2H])c1CCCl. The molecule has 0 spiro atoms. The molecule has 4 heteroatoms. The first kappa shape index (κ1) is 10.1. The first-order valence-corrected chi connectivity index (χ1v) is 6.72. The van der Waals surface area contributed by atoms with Gasteiger partial charge in [0.1, 0.15) is 12.3 Å². The lowest BCUT2D eigenvalue weighted by atomic mass is 10.1. The monoisotopic (exact) mass is 295 g/mol. The molecule has 1 N–H and O–H groups in total. The zero-order valence-corrected chi connectivity index (χ0v) is 11.7. The van der Waals surface area contributed by atoms with Crippen molar-refractivity contribution in [2.45, 2.75) is 26.8 Å². The van der Waals surface area contributed by atoms with Crippen molar-refractivity contribution in [3.05, 3.63) is 58.4 Å². The van der Waals surface area contributed by atoms with Gasteiger partial charge in [0.05, 0.1) is 0 Å². The highest BCUT2D eigenvalue weighted by Gasteiger charge is 2.18. The lowest BCUT2D eigenvalue weighted by Gasteiger charge is -2.04. The van der Waals surface area contributed by atoms with Gasteiger partial charge in [-0.1, -0.05) is 30.3 Å². The van der Waals surface area contributed by atoms with Gasteiger partial charge in [-0.25, -0.2) is 4.79 Å². The van der Waals surface area contributed by atoms with Gasteiger partial charge >= 0.3 is 5.97 Å². The van der Waals surface area contributed by atoms with E-state index in [1.165, 1.54) is 0 Å². The van der Waals surface area contributed by atoms with Crippen molar-refractivity contribution in [1.82, 2.24) is 4.98 Å². The maximum atomic E-state index is 12.4. The molecule has 0 amide bonds. The zero-order chi connectivity index (χ0) is 17.7. The molecule has 106 valence electrons. The van der Waals surface area contributed by atoms with E-state index in [1.54, 1.807) is 12.1 Å². The van der Waals surface area contributed by atoms with E-state index in [9.17, 15) is 4.79 Å². The highest BCUT2D eigenvalue weighted by Crippen LogP contribution is 2.20. The van der Waals surface area contributed by atoms with Crippen LogP contribution in [-0.4, -0.2) is 16.8 Å². The number of alkyl halides is 1. The van der Waals surface area contributed by atoms with Crippen LogP contribution in [0.2, 0.25) is 0 Å². The summed E-state index contributed by atoms with van der Waals surface area (Å²) in [5.74, 6) is -0.549. The average molecular weight is 296 g/mol. The summed E-state index contributed by atoms with van der Waals surface area (Å²) in [5.41, 5.74) is 1.38. The summed E-state index contributed by atoms with van der Waals surface area (Å²) in [6.45, 7) is -2.62. The molecule has 0 unspecified atom stereocenters. The fraction of sp³-hybridized carbons (Fsp3) is 0.312. The summed E-state index contributed by atoms with van der Waals surface area (Å²) >= 11 is 5.74. The minimum Gasteiger partial charge on any atom is -0.456 e. The fourth-order valence-electron chi connectivity index (χ4n) is 1.91. The highest BCUT2D eigenvalue weighted by molar-refractivity contribution is 6.18. The Hall–Kier alpha value is -1.74. The second-order valence-corrected chi connectivity index (χ2v) is 4.71. The smallest absolute Gasteiger partial charge is 0.355 e. The van der Waals surface area contributed by atoms with Crippen molar-refractivity contribution in [3.8, 4) is 0 Å². The highest BCUT2D eigenvalue weighted by atomic mass is 35.5. The normalized spacial score (nSPS) is 14.1. The van der Waals surface area contributed by atoms with E-state index in [4.69, 9.17) is 21.8 Å². The molecule has 1 heterocycles. The molecule has 3 nitrogen and oxygen atoms in total. The number of halogens is 1. The fourth-order valence-corrected chi connectivity index (χ4v) is 2.10. The van der Waals surface area contributed by atoms with Gasteiger partial charge < -0.3 is 9.72 Å². The van der Waals surface area contributed by atoms with Gasteiger partial charge in [-0.2, -0.15) is 0 Å². The van der Waals surface area contributed by atoms with Crippen molar-refractivity contribution < 1.29 is 15.0 Å². The summed E-state index contributed by atoms with van der Waals surface area (Å²) in [6.07, 6.45) is 0.270. The third kappa shape index (κ3) is 3.23. The van der Waals surface area contributed by atoms with Crippen LogP contribution in [0, 0.1) is 13.8 Å². The van der Waals surface area contributed by atoms with Crippen molar-refractivity contribution in [3.63, 3.8) is 0 Å². The number of carbonyl (C=O) groups excluding carboxylic acids is 1. The number of hydrogen-bond acceptors (Lipinski definition) is 2. The Bertz CT molecular complexity index is 698. The second-order valence-electron chi connectivity index (χ2n) is 4.33. The van der Waals surface area contributed by atoms with Crippen molar-refractivity contribution >= 4 is 17.6 Å². The van der Waals surface area contributed by atoms with Crippen LogP contribution in [0.5, 0.6) is 0 Å². The molecule has 2 aromatic rings. The maximum absolute atomic E-state index is 12.4. The molecule has 0 bridgehead atoms. The summed E-state index contributed by atoms with van der Waals surface area (Å²) in [5, 5.41) is 0. The van der Waals surface area contributed by atoms with Crippen LogP contribution < -0.4 is 0 Å². The van der Waals surface area contributed by atoms with Gasteiger partial charge in [0.2, 0.25) is 0 Å². The number of benzene rings is 1. The molecule has 0 saturated heterocycles. The van der Waals surface area contributed by atoms with E-state index < -0.39 is 12.8 Å².